The monoisotopic (exact) mass is 633 g/mol. The van der Waals surface area contributed by atoms with Gasteiger partial charge in [-0.25, -0.2) is 4.79 Å². The number of carboxylic acid groups (broad SMARTS) is 1. The molecule has 3 amide bonds. The summed E-state index contributed by atoms with van der Waals surface area (Å²) in [5.74, 6) is -2.97. The Morgan fingerprint density at radius 2 is 1.36 bits per heavy atom. The third-order valence-corrected chi connectivity index (χ3v) is 9.09. The quantitative estimate of drug-likeness (QED) is 0.163. The number of thioether (sulfide) groups is 1. The van der Waals surface area contributed by atoms with Crippen molar-refractivity contribution in [3.05, 3.63) is 102 Å². The molecular weight excluding hydrogens is 594 g/mol. The van der Waals surface area contributed by atoms with E-state index in [-0.39, 0.29) is 25.0 Å². The van der Waals surface area contributed by atoms with Crippen LogP contribution in [0.1, 0.15) is 30.5 Å². The van der Waals surface area contributed by atoms with Crippen molar-refractivity contribution < 1.29 is 29.4 Å². The normalized spacial score (nSPS) is 19.3. The zero-order chi connectivity index (χ0) is 32.7. The molecule has 4 rings (SSSR count). The van der Waals surface area contributed by atoms with Gasteiger partial charge < -0.3 is 31.9 Å². The van der Waals surface area contributed by atoms with Gasteiger partial charge in [-0.3, -0.25) is 19.7 Å². The summed E-state index contributed by atoms with van der Waals surface area (Å²) in [5, 5.41) is 25.0. The van der Waals surface area contributed by atoms with E-state index >= 15 is 0 Å². The minimum Gasteiger partial charge on any atom is -0.508 e. The molecular formula is C33H39N5O6S. The summed E-state index contributed by atoms with van der Waals surface area (Å²) >= 11 is 1.20. The van der Waals surface area contributed by atoms with E-state index in [1.165, 1.54) is 28.8 Å². The highest BCUT2D eigenvalue weighted by molar-refractivity contribution is 8.01. The number of phenolic OH excluding ortho intramolecular Hbond substituents is 1. The Bertz CT molecular complexity index is 1490. The van der Waals surface area contributed by atoms with Crippen LogP contribution in [0.3, 0.4) is 0 Å². The van der Waals surface area contributed by atoms with E-state index in [1.807, 2.05) is 60.7 Å². The Morgan fingerprint density at radius 3 is 1.87 bits per heavy atom. The van der Waals surface area contributed by atoms with E-state index in [1.54, 1.807) is 26.0 Å². The van der Waals surface area contributed by atoms with Gasteiger partial charge in [0.25, 0.3) is 0 Å². The van der Waals surface area contributed by atoms with Crippen molar-refractivity contribution in [3.8, 4) is 5.75 Å². The van der Waals surface area contributed by atoms with E-state index in [4.69, 9.17) is 11.5 Å². The molecule has 5 atom stereocenters. The number of benzene rings is 3. The van der Waals surface area contributed by atoms with Crippen molar-refractivity contribution in [2.45, 2.75) is 67.5 Å². The van der Waals surface area contributed by atoms with E-state index in [0.29, 0.717) is 5.56 Å². The summed E-state index contributed by atoms with van der Waals surface area (Å²) in [5.41, 5.74) is 14.3. The molecule has 0 radical (unpaired) electrons. The molecule has 1 saturated heterocycles. The number of rotatable bonds is 13. The number of carbonyl (C=O) groups excluding carboxylic acids is 3. The van der Waals surface area contributed by atoms with Crippen LogP contribution in [-0.4, -0.2) is 73.2 Å². The molecule has 1 fully saturated rings. The second-order valence-electron chi connectivity index (χ2n) is 11.5. The van der Waals surface area contributed by atoms with Crippen LogP contribution in [0.25, 0.3) is 0 Å². The molecule has 238 valence electrons. The molecule has 0 unspecified atom stereocenters. The number of carboxylic acids is 1. The van der Waals surface area contributed by atoms with Gasteiger partial charge in [0.2, 0.25) is 17.7 Å². The zero-order valence-corrected chi connectivity index (χ0v) is 25.9. The number of primary amides is 1. The van der Waals surface area contributed by atoms with Gasteiger partial charge in [0.15, 0.2) is 6.04 Å². The SMILES string of the molecule is CC1(C)S[C@H](N[C@@H](Cc2ccccc2)C(=O)N[C@@H](Cc2ccccc2)C(N)=O)[C@@H](C(=O)O)N1C(=O)[C@@H](N)Cc1ccc(O)cc1. The summed E-state index contributed by atoms with van der Waals surface area (Å²) in [6, 6.07) is 20.2. The second-order valence-corrected chi connectivity index (χ2v) is 13.3. The van der Waals surface area contributed by atoms with Gasteiger partial charge in [0.1, 0.15) is 11.8 Å². The van der Waals surface area contributed by atoms with Crippen molar-refractivity contribution >= 4 is 35.5 Å². The molecule has 1 aliphatic heterocycles. The van der Waals surface area contributed by atoms with Crippen molar-refractivity contribution in [2.24, 2.45) is 11.5 Å². The van der Waals surface area contributed by atoms with Crippen molar-refractivity contribution in [3.63, 3.8) is 0 Å². The number of hydrogen-bond donors (Lipinski definition) is 6. The lowest BCUT2D eigenvalue weighted by molar-refractivity contribution is -0.152. The summed E-state index contributed by atoms with van der Waals surface area (Å²) in [4.78, 5) is 52.8. The third kappa shape index (κ3) is 8.62. The first-order valence-corrected chi connectivity index (χ1v) is 15.4. The van der Waals surface area contributed by atoms with Crippen LogP contribution in [0.4, 0.5) is 0 Å². The molecule has 45 heavy (non-hydrogen) atoms. The molecule has 1 aliphatic rings. The first kappa shape index (κ1) is 33.5. The molecule has 0 bridgehead atoms. The number of amides is 3. The lowest BCUT2D eigenvalue weighted by atomic mass is 10.0. The number of carbonyl (C=O) groups is 4. The molecule has 12 heteroatoms. The van der Waals surface area contributed by atoms with Gasteiger partial charge >= 0.3 is 5.97 Å². The van der Waals surface area contributed by atoms with Gasteiger partial charge in [0.05, 0.1) is 22.3 Å². The zero-order valence-electron chi connectivity index (χ0n) is 25.1. The number of nitrogens with one attached hydrogen (secondary N) is 2. The minimum atomic E-state index is -1.36. The number of aromatic hydroxyl groups is 1. The summed E-state index contributed by atoms with van der Waals surface area (Å²) < 4.78 is 0. The first-order valence-electron chi connectivity index (χ1n) is 14.6. The number of phenols is 1. The maximum absolute atomic E-state index is 13.8. The molecule has 11 nitrogen and oxygen atoms in total. The van der Waals surface area contributed by atoms with E-state index in [9.17, 15) is 29.4 Å². The van der Waals surface area contributed by atoms with E-state index in [0.717, 1.165) is 11.1 Å². The van der Waals surface area contributed by atoms with Gasteiger partial charge in [-0.15, -0.1) is 11.8 Å². The highest BCUT2D eigenvalue weighted by Gasteiger charge is 2.54. The highest BCUT2D eigenvalue weighted by Crippen LogP contribution is 2.44. The molecule has 0 aromatic heterocycles. The number of hydrogen-bond acceptors (Lipinski definition) is 8. The lowest BCUT2D eigenvalue weighted by Gasteiger charge is -2.35. The molecule has 3 aromatic rings. The van der Waals surface area contributed by atoms with Crippen LogP contribution >= 0.6 is 11.8 Å². The maximum Gasteiger partial charge on any atom is 0.329 e. The first-order chi connectivity index (χ1) is 21.4. The molecule has 0 aliphatic carbocycles. The fraction of sp³-hybridized carbons (Fsp3) is 0.333. The van der Waals surface area contributed by atoms with Crippen LogP contribution in [0.5, 0.6) is 5.75 Å². The van der Waals surface area contributed by atoms with Gasteiger partial charge in [-0.05, 0) is 55.5 Å². The average Bonchev–Trinajstić information content (AvgIpc) is 3.27. The summed E-state index contributed by atoms with van der Waals surface area (Å²) in [6.45, 7) is 3.46. The molecule has 8 N–H and O–H groups in total. The van der Waals surface area contributed by atoms with Crippen LogP contribution < -0.4 is 22.1 Å². The Kier molecular flexibility index (Phi) is 10.9. The Morgan fingerprint density at radius 1 is 0.844 bits per heavy atom. The predicted octanol–water partition coefficient (Wildman–Crippen LogP) is 1.77. The fourth-order valence-electron chi connectivity index (χ4n) is 5.44. The Labute approximate surface area is 266 Å². The summed E-state index contributed by atoms with van der Waals surface area (Å²) in [7, 11) is 0. The fourth-order valence-corrected chi connectivity index (χ4v) is 6.98. The second kappa shape index (κ2) is 14.6. The average molecular weight is 634 g/mol. The van der Waals surface area contributed by atoms with Crippen LogP contribution in [-0.2, 0) is 38.4 Å². The topological polar surface area (TPSA) is 188 Å². The Hall–Kier alpha value is -4.39. The van der Waals surface area contributed by atoms with E-state index in [2.05, 4.69) is 10.6 Å². The Balaban J connectivity index is 1.58. The van der Waals surface area contributed by atoms with Crippen LogP contribution in [0.2, 0.25) is 0 Å². The maximum atomic E-state index is 13.8. The van der Waals surface area contributed by atoms with Gasteiger partial charge in [-0.1, -0.05) is 72.8 Å². The lowest BCUT2D eigenvalue weighted by Crippen LogP contribution is -2.60. The van der Waals surface area contributed by atoms with E-state index < -0.39 is 58.1 Å². The van der Waals surface area contributed by atoms with Crippen molar-refractivity contribution in [1.29, 1.82) is 0 Å². The third-order valence-electron chi connectivity index (χ3n) is 7.67. The van der Waals surface area contributed by atoms with Gasteiger partial charge in [-0.2, -0.15) is 0 Å². The van der Waals surface area contributed by atoms with Crippen LogP contribution in [0, 0.1) is 0 Å². The number of nitrogens with two attached hydrogens (primary N) is 2. The van der Waals surface area contributed by atoms with Gasteiger partial charge in [0, 0.05) is 6.42 Å². The number of aliphatic carboxylic acids is 1. The molecule has 1 heterocycles. The minimum absolute atomic E-state index is 0.0758. The summed E-state index contributed by atoms with van der Waals surface area (Å²) in [6.07, 6.45) is 0.502. The molecule has 3 aromatic carbocycles. The molecule has 0 spiro atoms. The molecule has 0 saturated carbocycles. The largest absolute Gasteiger partial charge is 0.508 e. The van der Waals surface area contributed by atoms with Crippen molar-refractivity contribution in [2.75, 3.05) is 0 Å². The smallest absolute Gasteiger partial charge is 0.329 e. The standard InChI is InChI=1S/C33H39N5O6S/c1-33(2)38(31(42)24(34)17-22-13-15-23(39)16-14-22)27(32(43)44)30(45-33)37-26(19-21-11-7-4-8-12-21)29(41)36-25(28(35)40)18-20-9-5-3-6-10-20/h3-16,24-27,30,37,39H,17-19,34H2,1-2H3,(H2,35,40)(H,36,41)(H,43,44)/t24-,25-,26-,27-,30-/m0/s1. The predicted molar refractivity (Wildman–Crippen MR) is 172 cm³/mol. The van der Waals surface area contributed by atoms with Crippen LogP contribution in [0.15, 0.2) is 84.9 Å². The highest BCUT2D eigenvalue weighted by atomic mass is 32.2. The van der Waals surface area contributed by atoms with Crippen molar-refractivity contribution in [1.82, 2.24) is 15.5 Å². The number of nitrogens with zero attached hydrogens (tertiary/aromatic N) is 1.